The fraction of sp³-hybridized carbons (Fsp3) is 0.0556. The van der Waals surface area contributed by atoms with E-state index in [0.29, 0.717) is 0 Å². The predicted molar refractivity (Wildman–Crippen MR) is 88.2 cm³/mol. The molecule has 0 radical (unpaired) electrons. The van der Waals surface area contributed by atoms with Gasteiger partial charge < -0.3 is 0 Å². The van der Waals surface area contributed by atoms with Gasteiger partial charge in [0, 0.05) is 11.1 Å². The molecular formula is C18H15NS. The van der Waals surface area contributed by atoms with E-state index in [0.717, 1.165) is 11.3 Å². The van der Waals surface area contributed by atoms with Gasteiger partial charge in [-0.15, -0.1) is 11.3 Å². The molecule has 1 nitrogen and oxygen atoms in total. The van der Waals surface area contributed by atoms with Crippen LogP contribution in [0.15, 0.2) is 71.0 Å². The van der Waals surface area contributed by atoms with Crippen molar-refractivity contribution in [3.63, 3.8) is 0 Å². The summed E-state index contributed by atoms with van der Waals surface area (Å²) < 4.78 is 0. The minimum atomic E-state index is 0.983. The second-order valence-corrected chi connectivity index (χ2v) is 5.64. The van der Waals surface area contributed by atoms with Gasteiger partial charge in [0.2, 0.25) is 0 Å². The lowest BCUT2D eigenvalue weighted by Gasteiger charge is -1.99. The monoisotopic (exact) mass is 277 g/mol. The second-order valence-electron chi connectivity index (χ2n) is 4.70. The molecule has 2 heteroatoms. The molecule has 0 aliphatic rings. The van der Waals surface area contributed by atoms with Gasteiger partial charge in [-0.05, 0) is 47.7 Å². The molecule has 0 saturated carbocycles. The average Bonchev–Trinajstić information content (AvgIpc) is 3.01. The van der Waals surface area contributed by atoms with E-state index in [-0.39, 0.29) is 0 Å². The molecule has 1 aromatic heterocycles. The molecule has 0 amide bonds. The Labute approximate surface area is 123 Å². The summed E-state index contributed by atoms with van der Waals surface area (Å²) in [7, 11) is 0. The van der Waals surface area contributed by atoms with Crippen LogP contribution in [-0.4, -0.2) is 6.21 Å². The Morgan fingerprint density at radius 2 is 1.80 bits per heavy atom. The highest BCUT2D eigenvalue weighted by Crippen LogP contribution is 2.25. The van der Waals surface area contributed by atoms with E-state index in [4.69, 9.17) is 0 Å². The topological polar surface area (TPSA) is 12.4 Å². The van der Waals surface area contributed by atoms with Crippen molar-refractivity contribution < 1.29 is 0 Å². The summed E-state index contributed by atoms with van der Waals surface area (Å²) in [4.78, 5) is 5.81. The zero-order valence-electron chi connectivity index (χ0n) is 11.3. The van der Waals surface area contributed by atoms with Gasteiger partial charge >= 0.3 is 0 Å². The van der Waals surface area contributed by atoms with E-state index in [2.05, 4.69) is 65.8 Å². The maximum Gasteiger partial charge on any atom is 0.0630 e. The van der Waals surface area contributed by atoms with Crippen molar-refractivity contribution in [3.8, 4) is 10.4 Å². The molecule has 2 aromatic carbocycles. The van der Waals surface area contributed by atoms with Gasteiger partial charge in [-0.1, -0.05) is 42.0 Å². The van der Waals surface area contributed by atoms with Crippen molar-refractivity contribution in [2.45, 2.75) is 6.92 Å². The first-order chi connectivity index (χ1) is 9.81. The van der Waals surface area contributed by atoms with E-state index in [1.807, 2.05) is 18.3 Å². The van der Waals surface area contributed by atoms with Gasteiger partial charge in [0.25, 0.3) is 0 Å². The molecule has 0 N–H and O–H groups in total. The van der Waals surface area contributed by atoms with E-state index in [9.17, 15) is 0 Å². The number of nitrogens with zero attached hydrogens (tertiary/aromatic N) is 1. The fourth-order valence-corrected chi connectivity index (χ4v) is 2.72. The zero-order chi connectivity index (χ0) is 13.8. The minimum Gasteiger partial charge on any atom is -0.256 e. The summed E-state index contributed by atoms with van der Waals surface area (Å²) in [5.41, 5.74) is 4.60. The van der Waals surface area contributed by atoms with Crippen LogP contribution in [0.2, 0.25) is 0 Å². The van der Waals surface area contributed by atoms with Gasteiger partial charge in [0.15, 0.2) is 0 Å². The van der Waals surface area contributed by atoms with Crippen LogP contribution in [0.3, 0.4) is 0 Å². The molecule has 0 atom stereocenters. The minimum absolute atomic E-state index is 0.983. The standard InChI is InChI=1S/C18H15NS/c1-14-7-9-17(10-8-14)19-13-15-4-2-5-16(12-15)18-6-3-11-20-18/h2-13H,1H3. The fourth-order valence-electron chi connectivity index (χ4n) is 1.99. The quantitative estimate of drug-likeness (QED) is 0.563. The summed E-state index contributed by atoms with van der Waals surface area (Å²) in [6.07, 6.45) is 1.92. The lowest BCUT2D eigenvalue weighted by Crippen LogP contribution is -1.81. The molecular weight excluding hydrogens is 262 g/mol. The lowest BCUT2D eigenvalue weighted by molar-refractivity contribution is 1.44. The normalized spacial score (nSPS) is 11.1. The molecule has 0 unspecified atom stereocenters. The van der Waals surface area contributed by atoms with Gasteiger partial charge in [-0.3, -0.25) is 4.99 Å². The van der Waals surface area contributed by atoms with Crippen LogP contribution in [-0.2, 0) is 0 Å². The van der Waals surface area contributed by atoms with Gasteiger partial charge in [-0.25, -0.2) is 0 Å². The van der Waals surface area contributed by atoms with Crippen LogP contribution < -0.4 is 0 Å². The third kappa shape index (κ3) is 3.03. The Morgan fingerprint density at radius 1 is 0.950 bits per heavy atom. The molecule has 0 aliphatic carbocycles. The average molecular weight is 277 g/mol. The van der Waals surface area contributed by atoms with Crippen LogP contribution >= 0.6 is 11.3 Å². The number of rotatable bonds is 3. The summed E-state index contributed by atoms with van der Waals surface area (Å²) in [6, 6.07) is 20.9. The summed E-state index contributed by atoms with van der Waals surface area (Å²) in [5.74, 6) is 0. The molecule has 3 rings (SSSR count). The highest BCUT2D eigenvalue weighted by molar-refractivity contribution is 7.13. The number of hydrogen-bond donors (Lipinski definition) is 0. The van der Waals surface area contributed by atoms with E-state index < -0.39 is 0 Å². The van der Waals surface area contributed by atoms with Crippen molar-refractivity contribution in [2.24, 2.45) is 4.99 Å². The smallest absolute Gasteiger partial charge is 0.0630 e. The van der Waals surface area contributed by atoms with Crippen LogP contribution in [0, 0.1) is 6.92 Å². The van der Waals surface area contributed by atoms with Crippen molar-refractivity contribution in [1.82, 2.24) is 0 Å². The van der Waals surface area contributed by atoms with Gasteiger partial charge in [0.1, 0.15) is 0 Å². The summed E-state index contributed by atoms with van der Waals surface area (Å²) in [5, 5.41) is 2.10. The number of benzene rings is 2. The van der Waals surface area contributed by atoms with Crippen LogP contribution in [0.4, 0.5) is 5.69 Å². The van der Waals surface area contributed by atoms with Crippen molar-refractivity contribution in [2.75, 3.05) is 0 Å². The van der Waals surface area contributed by atoms with Gasteiger partial charge in [0.05, 0.1) is 5.69 Å². The maximum atomic E-state index is 4.52. The molecule has 98 valence electrons. The number of aliphatic imine (C=N–C) groups is 1. The Morgan fingerprint density at radius 3 is 2.55 bits per heavy atom. The van der Waals surface area contributed by atoms with E-state index in [1.165, 1.54) is 16.0 Å². The second kappa shape index (κ2) is 5.85. The van der Waals surface area contributed by atoms with E-state index in [1.54, 1.807) is 11.3 Å². The molecule has 0 bridgehead atoms. The first-order valence-corrected chi connectivity index (χ1v) is 7.44. The third-order valence-corrected chi connectivity index (χ3v) is 4.01. The number of hydrogen-bond acceptors (Lipinski definition) is 2. The summed E-state index contributed by atoms with van der Waals surface area (Å²) in [6.45, 7) is 2.08. The zero-order valence-corrected chi connectivity index (χ0v) is 12.1. The van der Waals surface area contributed by atoms with Crippen LogP contribution in [0.1, 0.15) is 11.1 Å². The largest absolute Gasteiger partial charge is 0.256 e. The highest BCUT2D eigenvalue weighted by atomic mass is 32.1. The predicted octanol–water partition coefficient (Wildman–Crippen LogP) is 5.47. The van der Waals surface area contributed by atoms with Gasteiger partial charge in [-0.2, -0.15) is 0 Å². The first kappa shape index (κ1) is 12.8. The van der Waals surface area contributed by atoms with Crippen molar-refractivity contribution in [3.05, 3.63) is 77.2 Å². The first-order valence-electron chi connectivity index (χ1n) is 6.56. The van der Waals surface area contributed by atoms with E-state index >= 15 is 0 Å². The van der Waals surface area contributed by atoms with Crippen molar-refractivity contribution >= 4 is 23.2 Å². The number of aryl methyl sites for hydroxylation is 1. The number of thiophene rings is 1. The summed E-state index contributed by atoms with van der Waals surface area (Å²) >= 11 is 1.76. The molecule has 1 heterocycles. The van der Waals surface area contributed by atoms with Crippen LogP contribution in [0.25, 0.3) is 10.4 Å². The Kier molecular flexibility index (Phi) is 3.75. The Balaban J connectivity index is 1.84. The highest BCUT2D eigenvalue weighted by Gasteiger charge is 1.98. The molecule has 0 saturated heterocycles. The third-order valence-electron chi connectivity index (χ3n) is 3.09. The van der Waals surface area contributed by atoms with Crippen LogP contribution in [0.5, 0.6) is 0 Å². The molecule has 20 heavy (non-hydrogen) atoms. The molecule has 0 aliphatic heterocycles. The maximum absolute atomic E-state index is 4.52. The molecule has 0 fully saturated rings. The molecule has 0 spiro atoms. The molecule has 3 aromatic rings. The SMILES string of the molecule is Cc1ccc(N=Cc2cccc(-c3cccs3)c2)cc1. The van der Waals surface area contributed by atoms with Crippen molar-refractivity contribution in [1.29, 1.82) is 0 Å². The Bertz CT molecular complexity index is 709. The lowest BCUT2D eigenvalue weighted by atomic mass is 10.1. The Hall–Kier alpha value is -2.19.